The zero-order valence-corrected chi connectivity index (χ0v) is 11.7. The van der Waals surface area contributed by atoms with Crippen molar-refractivity contribution in [3.8, 4) is 0 Å². The molecule has 2 atom stereocenters. The molecule has 1 aliphatic rings. The molecule has 0 spiro atoms. The molecular formula is C15H26N2O. The molecule has 2 N–H and O–H groups in total. The van der Waals surface area contributed by atoms with Crippen LogP contribution >= 0.6 is 0 Å². The minimum absolute atomic E-state index is 0.249. The maximum atomic E-state index is 6.00. The first-order chi connectivity index (χ1) is 8.76. The second-order valence-corrected chi connectivity index (χ2v) is 5.35. The first kappa shape index (κ1) is 13.6. The first-order valence-electron chi connectivity index (χ1n) is 7.30. The lowest BCUT2D eigenvalue weighted by Crippen LogP contribution is -2.39. The Bertz CT molecular complexity index is 361. The normalized spacial score (nSPS) is 23.8. The van der Waals surface area contributed by atoms with Crippen molar-refractivity contribution < 1.29 is 4.42 Å². The molecular weight excluding hydrogens is 224 g/mol. The topological polar surface area (TPSA) is 42.4 Å². The highest BCUT2D eigenvalue weighted by atomic mass is 16.3. The summed E-state index contributed by atoms with van der Waals surface area (Å²) in [5.74, 6) is 2.11. The highest BCUT2D eigenvalue weighted by molar-refractivity contribution is 5.12. The van der Waals surface area contributed by atoms with Crippen molar-refractivity contribution in [2.24, 2.45) is 5.73 Å². The zero-order valence-electron chi connectivity index (χ0n) is 11.7. The molecule has 0 aliphatic carbocycles. The Kier molecular flexibility index (Phi) is 4.84. The molecule has 0 saturated carbocycles. The van der Waals surface area contributed by atoms with E-state index in [1.54, 1.807) is 0 Å². The van der Waals surface area contributed by atoms with Gasteiger partial charge in [-0.05, 0) is 38.4 Å². The molecule has 1 saturated heterocycles. The van der Waals surface area contributed by atoms with E-state index < -0.39 is 0 Å². The van der Waals surface area contributed by atoms with E-state index >= 15 is 0 Å². The second-order valence-electron chi connectivity index (χ2n) is 5.35. The fraction of sp³-hybridized carbons (Fsp3) is 0.733. The Balaban J connectivity index is 2.15. The van der Waals surface area contributed by atoms with Gasteiger partial charge in [0.2, 0.25) is 0 Å². The number of nitrogens with two attached hydrogens (primary N) is 1. The molecule has 0 radical (unpaired) electrons. The molecule has 1 aromatic rings. The number of likely N-dealkylation sites (tertiary alicyclic amines) is 1. The molecule has 18 heavy (non-hydrogen) atoms. The van der Waals surface area contributed by atoms with Gasteiger partial charge in [-0.2, -0.15) is 0 Å². The van der Waals surface area contributed by atoms with Gasteiger partial charge in [-0.3, -0.25) is 4.90 Å². The summed E-state index contributed by atoms with van der Waals surface area (Å²) in [7, 11) is 0. The van der Waals surface area contributed by atoms with Crippen LogP contribution in [0.3, 0.4) is 0 Å². The van der Waals surface area contributed by atoms with E-state index in [0.29, 0.717) is 12.6 Å². The predicted octanol–water partition coefficient (Wildman–Crippen LogP) is 3.11. The summed E-state index contributed by atoms with van der Waals surface area (Å²) < 4.78 is 5.91. The third-order valence-electron chi connectivity index (χ3n) is 4.09. The minimum atomic E-state index is 0.249. The number of aryl methyl sites for hydroxylation is 1. The highest BCUT2D eigenvalue weighted by Gasteiger charge is 2.27. The monoisotopic (exact) mass is 250 g/mol. The highest BCUT2D eigenvalue weighted by Crippen LogP contribution is 2.28. The zero-order chi connectivity index (χ0) is 13.0. The van der Waals surface area contributed by atoms with Gasteiger partial charge in [-0.15, -0.1) is 0 Å². The molecule has 1 fully saturated rings. The molecule has 0 aromatic carbocycles. The van der Waals surface area contributed by atoms with E-state index in [1.807, 2.05) is 0 Å². The molecule has 0 amide bonds. The van der Waals surface area contributed by atoms with Gasteiger partial charge in [0, 0.05) is 19.0 Å². The maximum Gasteiger partial charge on any atom is 0.122 e. The third kappa shape index (κ3) is 2.96. The summed E-state index contributed by atoms with van der Waals surface area (Å²) in [5, 5.41) is 0. The van der Waals surface area contributed by atoms with Crippen molar-refractivity contribution in [1.29, 1.82) is 0 Å². The number of rotatable bonds is 4. The van der Waals surface area contributed by atoms with Crippen LogP contribution in [0.5, 0.6) is 0 Å². The van der Waals surface area contributed by atoms with Gasteiger partial charge in [0.05, 0.1) is 6.04 Å². The van der Waals surface area contributed by atoms with E-state index in [-0.39, 0.29) is 6.04 Å². The van der Waals surface area contributed by atoms with Crippen molar-refractivity contribution in [3.05, 3.63) is 23.7 Å². The van der Waals surface area contributed by atoms with Gasteiger partial charge in [-0.25, -0.2) is 0 Å². The molecule has 2 unspecified atom stereocenters. The summed E-state index contributed by atoms with van der Waals surface area (Å²) in [6.45, 7) is 6.22. The minimum Gasteiger partial charge on any atom is -0.464 e. The third-order valence-corrected chi connectivity index (χ3v) is 4.09. The average molecular weight is 250 g/mol. The van der Waals surface area contributed by atoms with E-state index in [4.69, 9.17) is 10.2 Å². The van der Waals surface area contributed by atoms with E-state index in [0.717, 1.165) is 24.5 Å². The number of nitrogens with zero attached hydrogens (tertiary/aromatic N) is 1. The molecule has 0 bridgehead atoms. The van der Waals surface area contributed by atoms with Crippen LogP contribution in [0.4, 0.5) is 0 Å². The van der Waals surface area contributed by atoms with E-state index in [2.05, 4.69) is 30.9 Å². The summed E-state index contributed by atoms with van der Waals surface area (Å²) in [5.41, 5.74) is 6.00. The van der Waals surface area contributed by atoms with Crippen LogP contribution in [-0.4, -0.2) is 24.0 Å². The maximum absolute atomic E-state index is 6.00. The number of furan rings is 1. The molecule has 3 heteroatoms. The molecule has 3 nitrogen and oxygen atoms in total. The SMILES string of the molecule is CCc1ccc(C(CN)N2CCCCCC2C)o1. The fourth-order valence-electron chi connectivity index (χ4n) is 2.94. The van der Waals surface area contributed by atoms with Crippen molar-refractivity contribution >= 4 is 0 Å². The van der Waals surface area contributed by atoms with Crippen molar-refractivity contribution in [2.75, 3.05) is 13.1 Å². The summed E-state index contributed by atoms with van der Waals surface area (Å²) in [4.78, 5) is 2.53. The van der Waals surface area contributed by atoms with E-state index in [9.17, 15) is 0 Å². The number of hydrogen-bond acceptors (Lipinski definition) is 3. The quantitative estimate of drug-likeness (QED) is 0.893. The van der Waals surface area contributed by atoms with Crippen LogP contribution in [0.15, 0.2) is 16.5 Å². The predicted molar refractivity (Wildman–Crippen MR) is 74.5 cm³/mol. The Morgan fingerprint density at radius 3 is 2.89 bits per heavy atom. The summed E-state index contributed by atoms with van der Waals surface area (Å²) in [6.07, 6.45) is 6.19. The van der Waals surface area contributed by atoms with Crippen LogP contribution in [0.25, 0.3) is 0 Å². The smallest absolute Gasteiger partial charge is 0.122 e. The van der Waals surface area contributed by atoms with Gasteiger partial charge in [0.25, 0.3) is 0 Å². The second kappa shape index (κ2) is 6.39. The van der Waals surface area contributed by atoms with Crippen molar-refractivity contribution in [2.45, 2.75) is 58.0 Å². The lowest BCUT2D eigenvalue weighted by atomic mass is 10.1. The average Bonchev–Trinajstić information content (AvgIpc) is 2.76. The molecule has 1 aromatic heterocycles. The van der Waals surface area contributed by atoms with Crippen LogP contribution in [0, 0.1) is 0 Å². The molecule has 102 valence electrons. The Morgan fingerprint density at radius 1 is 1.39 bits per heavy atom. The molecule has 1 aliphatic heterocycles. The van der Waals surface area contributed by atoms with Gasteiger partial charge >= 0.3 is 0 Å². The lowest BCUT2D eigenvalue weighted by molar-refractivity contribution is 0.133. The summed E-state index contributed by atoms with van der Waals surface area (Å²) >= 11 is 0. The van der Waals surface area contributed by atoms with Gasteiger partial charge in [0.1, 0.15) is 11.5 Å². The van der Waals surface area contributed by atoms with Crippen LogP contribution in [0.1, 0.15) is 57.1 Å². The fourth-order valence-corrected chi connectivity index (χ4v) is 2.94. The molecule has 2 rings (SSSR count). The van der Waals surface area contributed by atoms with Crippen molar-refractivity contribution in [1.82, 2.24) is 4.90 Å². The van der Waals surface area contributed by atoms with Crippen molar-refractivity contribution in [3.63, 3.8) is 0 Å². The number of hydrogen-bond donors (Lipinski definition) is 1. The van der Waals surface area contributed by atoms with Gasteiger partial charge in [-0.1, -0.05) is 19.8 Å². The Morgan fingerprint density at radius 2 is 2.22 bits per heavy atom. The Labute approximate surface area is 110 Å². The summed E-state index contributed by atoms with van der Waals surface area (Å²) in [6, 6.07) is 5.05. The Hall–Kier alpha value is -0.800. The van der Waals surface area contributed by atoms with Crippen LogP contribution in [-0.2, 0) is 6.42 Å². The van der Waals surface area contributed by atoms with Gasteiger partial charge in [0.15, 0.2) is 0 Å². The standard InChI is InChI=1S/C15H26N2O/c1-3-13-8-9-15(18-13)14(11-16)17-10-6-4-5-7-12(17)2/h8-9,12,14H,3-7,10-11,16H2,1-2H3. The molecule has 2 heterocycles. The van der Waals surface area contributed by atoms with Crippen LogP contribution in [0.2, 0.25) is 0 Å². The largest absolute Gasteiger partial charge is 0.464 e. The first-order valence-corrected chi connectivity index (χ1v) is 7.30. The van der Waals surface area contributed by atoms with E-state index in [1.165, 1.54) is 25.7 Å². The lowest BCUT2D eigenvalue weighted by Gasteiger charge is -2.33. The van der Waals surface area contributed by atoms with Crippen LogP contribution < -0.4 is 5.73 Å². The van der Waals surface area contributed by atoms with Gasteiger partial charge < -0.3 is 10.2 Å².